The van der Waals surface area contributed by atoms with E-state index in [1.807, 2.05) is 20.8 Å². The maximum Gasteiger partial charge on any atom is 0.331 e. The Bertz CT molecular complexity index is 215. The minimum absolute atomic E-state index is 0.00462. The van der Waals surface area contributed by atoms with Crippen LogP contribution in [-0.4, -0.2) is 34.5 Å². The van der Waals surface area contributed by atoms with E-state index >= 15 is 0 Å². The number of carboxylic acids is 1. The van der Waals surface area contributed by atoms with Gasteiger partial charge in [0.1, 0.15) is 0 Å². The quantitative estimate of drug-likeness (QED) is 0.657. The van der Waals surface area contributed by atoms with Crippen LogP contribution in [0.3, 0.4) is 0 Å². The van der Waals surface area contributed by atoms with E-state index in [1.165, 1.54) is 0 Å². The summed E-state index contributed by atoms with van der Waals surface area (Å²) in [6.07, 6.45) is -0.774. The predicted molar refractivity (Wildman–Crippen MR) is 53.1 cm³/mol. The topological polar surface area (TPSA) is 66.8 Å². The van der Waals surface area contributed by atoms with Gasteiger partial charge in [0.2, 0.25) is 0 Å². The molecule has 0 fully saturated rings. The van der Waals surface area contributed by atoms with Gasteiger partial charge in [-0.25, -0.2) is 4.79 Å². The van der Waals surface area contributed by atoms with Crippen LogP contribution < -0.4 is 0 Å². The Morgan fingerprint density at radius 2 is 2.00 bits per heavy atom. The standard InChI is InChI=1S/C10H18O4/c1-7(9(12)13)5-8(11)6-14-10(2,3)4/h8,11H,1,5-6H2,2-4H3,(H,12,13). The molecule has 1 atom stereocenters. The smallest absolute Gasteiger partial charge is 0.331 e. The highest BCUT2D eigenvalue weighted by atomic mass is 16.5. The summed E-state index contributed by atoms with van der Waals surface area (Å²) in [5.74, 6) is -1.08. The third-order valence-electron chi connectivity index (χ3n) is 1.49. The van der Waals surface area contributed by atoms with Gasteiger partial charge in [-0.3, -0.25) is 0 Å². The molecule has 0 aromatic carbocycles. The van der Waals surface area contributed by atoms with Gasteiger partial charge in [-0.05, 0) is 20.8 Å². The summed E-state index contributed by atoms with van der Waals surface area (Å²) in [6.45, 7) is 9.04. The molecule has 0 heterocycles. The van der Waals surface area contributed by atoms with Gasteiger partial charge in [0.05, 0.1) is 18.3 Å². The molecule has 0 rings (SSSR count). The maximum atomic E-state index is 10.4. The number of carboxylic acid groups (broad SMARTS) is 1. The number of rotatable bonds is 5. The van der Waals surface area contributed by atoms with Crippen molar-refractivity contribution in [3.63, 3.8) is 0 Å². The van der Waals surface area contributed by atoms with Crippen LogP contribution in [0.2, 0.25) is 0 Å². The Morgan fingerprint density at radius 3 is 2.36 bits per heavy atom. The zero-order valence-corrected chi connectivity index (χ0v) is 8.91. The van der Waals surface area contributed by atoms with E-state index in [2.05, 4.69) is 6.58 Å². The number of ether oxygens (including phenoxy) is 1. The van der Waals surface area contributed by atoms with Gasteiger partial charge in [-0.1, -0.05) is 6.58 Å². The van der Waals surface area contributed by atoms with Crippen molar-refractivity contribution < 1.29 is 19.7 Å². The van der Waals surface area contributed by atoms with E-state index in [4.69, 9.17) is 9.84 Å². The Kier molecular flexibility index (Phi) is 4.80. The van der Waals surface area contributed by atoms with Crippen LogP contribution in [0.15, 0.2) is 12.2 Å². The lowest BCUT2D eigenvalue weighted by Crippen LogP contribution is -2.26. The average Bonchev–Trinajstić information content (AvgIpc) is 1.99. The molecule has 0 saturated carbocycles. The maximum absolute atomic E-state index is 10.4. The first-order valence-corrected chi connectivity index (χ1v) is 4.45. The van der Waals surface area contributed by atoms with Gasteiger partial charge in [-0.15, -0.1) is 0 Å². The molecule has 0 spiro atoms. The Balaban J connectivity index is 3.82. The first-order valence-electron chi connectivity index (χ1n) is 4.45. The summed E-state index contributed by atoms with van der Waals surface area (Å²) >= 11 is 0. The second kappa shape index (κ2) is 5.12. The average molecular weight is 202 g/mol. The number of aliphatic hydroxyl groups excluding tert-OH is 1. The highest BCUT2D eigenvalue weighted by Gasteiger charge is 2.16. The number of aliphatic carboxylic acids is 1. The van der Waals surface area contributed by atoms with E-state index < -0.39 is 12.1 Å². The molecular weight excluding hydrogens is 184 g/mol. The molecule has 0 aliphatic rings. The number of aliphatic hydroxyl groups is 1. The number of carbonyl (C=O) groups is 1. The van der Waals surface area contributed by atoms with Gasteiger partial charge < -0.3 is 14.9 Å². The van der Waals surface area contributed by atoms with Crippen molar-refractivity contribution in [2.45, 2.75) is 38.9 Å². The second-order valence-corrected chi connectivity index (χ2v) is 4.19. The van der Waals surface area contributed by atoms with Crippen LogP contribution >= 0.6 is 0 Å². The molecule has 0 aliphatic heterocycles. The molecule has 0 aromatic heterocycles. The summed E-state index contributed by atoms with van der Waals surface area (Å²) in [6, 6.07) is 0. The van der Waals surface area contributed by atoms with Crippen LogP contribution in [0.5, 0.6) is 0 Å². The molecule has 82 valence electrons. The Hall–Kier alpha value is -0.870. The number of hydrogen-bond donors (Lipinski definition) is 2. The second-order valence-electron chi connectivity index (χ2n) is 4.19. The summed E-state index contributed by atoms with van der Waals surface area (Å²) in [5, 5.41) is 17.9. The predicted octanol–water partition coefficient (Wildman–Crippen LogP) is 1.19. The van der Waals surface area contributed by atoms with Crippen LogP contribution in [0.1, 0.15) is 27.2 Å². The van der Waals surface area contributed by atoms with E-state index in [9.17, 15) is 9.90 Å². The SMILES string of the molecule is C=C(CC(O)COC(C)(C)C)C(=O)O. The van der Waals surface area contributed by atoms with Crippen molar-refractivity contribution in [3.05, 3.63) is 12.2 Å². The molecule has 0 aliphatic carbocycles. The molecule has 1 unspecified atom stereocenters. The molecule has 0 radical (unpaired) electrons. The van der Waals surface area contributed by atoms with Crippen LogP contribution in [0.25, 0.3) is 0 Å². The van der Waals surface area contributed by atoms with E-state index in [0.29, 0.717) is 0 Å². The molecule has 0 saturated heterocycles. The third kappa shape index (κ3) is 6.62. The molecule has 4 nitrogen and oxygen atoms in total. The minimum atomic E-state index is -1.08. The van der Waals surface area contributed by atoms with Gasteiger partial charge in [0.25, 0.3) is 0 Å². The lowest BCUT2D eigenvalue weighted by molar-refractivity contribution is -0.133. The van der Waals surface area contributed by atoms with Gasteiger partial charge >= 0.3 is 5.97 Å². The fourth-order valence-corrected chi connectivity index (χ4v) is 0.777. The largest absolute Gasteiger partial charge is 0.478 e. The van der Waals surface area contributed by atoms with Crippen molar-refractivity contribution in [1.82, 2.24) is 0 Å². The summed E-state index contributed by atoms with van der Waals surface area (Å²) in [4.78, 5) is 10.4. The fourth-order valence-electron chi connectivity index (χ4n) is 0.777. The molecular formula is C10H18O4. The molecule has 0 bridgehead atoms. The first kappa shape index (κ1) is 13.1. The van der Waals surface area contributed by atoms with Crippen molar-refractivity contribution in [2.24, 2.45) is 0 Å². The molecule has 0 aromatic rings. The van der Waals surface area contributed by atoms with E-state index in [1.54, 1.807) is 0 Å². The highest BCUT2D eigenvalue weighted by molar-refractivity contribution is 5.85. The zero-order valence-electron chi connectivity index (χ0n) is 8.91. The fraction of sp³-hybridized carbons (Fsp3) is 0.700. The zero-order chi connectivity index (χ0) is 11.4. The monoisotopic (exact) mass is 202 g/mol. The van der Waals surface area contributed by atoms with E-state index in [-0.39, 0.29) is 24.2 Å². The Labute approximate surface area is 84.2 Å². The third-order valence-corrected chi connectivity index (χ3v) is 1.49. The first-order chi connectivity index (χ1) is 6.22. The summed E-state index contributed by atoms with van der Waals surface area (Å²) < 4.78 is 5.29. The van der Waals surface area contributed by atoms with Crippen LogP contribution in [0, 0.1) is 0 Å². The lowest BCUT2D eigenvalue weighted by atomic mass is 10.1. The number of hydrogen-bond acceptors (Lipinski definition) is 3. The Morgan fingerprint density at radius 1 is 1.50 bits per heavy atom. The lowest BCUT2D eigenvalue weighted by Gasteiger charge is -2.21. The summed E-state index contributed by atoms with van der Waals surface area (Å²) in [7, 11) is 0. The van der Waals surface area contributed by atoms with Gasteiger partial charge in [0.15, 0.2) is 0 Å². The van der Waals surface area contributed by atoms with Gasteiger partial charge in [0, 0.05) is 12.0 Å². The normalized spacial score (nSPS) is 13.7. The highest BCUT2D eigenvalue weighted by Crippen LogP contribution is 2.10. The van der Waals surface area contributed by atoms with Gasteiger partial charge in [-0.2, -0.15) is 0 Å². The van der Waals surface area contributed by atoms with Crippen LogP contribution in [-0.2, 0) is 9.53 Å². The molecule has 14 heavy (non-hydrogen) atoms. The van der Waals surface area contributed by atoms with Crippen molar-refractivity contribution in [2.75, 3.05) is 6.61 Å². The molecule has 4 heteroatoms. The summed E-state index contributed by atoms with van der Waals surface area (Å²) in [5.41, 5.74) is -0.332. The van der Waals surface area contributed by atoms with Crippen molar-refractivity contribution >= 4 is 5.97 Å². The minimum Gasteiger partial charge on any atom is -0.478 e. The van der Waals surface area contributed by atoms with Crippen LogP contribution in [0.4, 0.5) is 0 Å². The van der Waals surface area contributed by atoms with Crippen molar-refractivity contribution in [1.29, 1.82) is 0 Å². The molecule has 0 amide bonds. The van der Waals surface area contributed by atoms with E-state index in [0.717, 1.165) is 0 Å². The molecule has 2 N–H and O–H groups in total. The van der Waals surface area contributed by atoms with Crippen molar-refractivity contribution in [3.8, 4) is 0 Å².